The van der Waals surface area contributed by atoms with E-state index in [4.69, 9.17) is 9.47 Å². The molecule has 3 rings (SSSR count). The summed E-state index contributed by atoms with van der Waals surface area (Å²) < 4.78 is 16.5. The van der Waals surface area contributed by atoms with Crippen molar-refractivity contribution in [2.24, 2.45) is 4.99 Å². The van der Waals surface area contributed by atoms with Crippen molar-refractivity contribution in [3.8, 4) is 0 Å². The number of nitrogens with zero attached hydrogens (tertiary/aromatic N) is 2. The zero-order valence-electron chi connectivity index (χ0n) is 19.7. The fourth-order valence-electron chi connectivity index (χ4n) is 3.95. The number of Topliss-reactive ketones (excluding diaryl/α,β-unsaturated/α-hetero) is 1. The fourth-order valence-corrected chi connectivity index (χ4v) is 3.95. The molecule has 2 aliphatic rings. The third-order valence-electron chi connectivity index (χ3n) is 5.27. The molecule has 2 atom stereocenters. The van der Waals surface area contributed by atoms with Gasteiger partial charge in [-0.2, -0.15) is 0 Å². The Morgan fingerprint density at radius 3 is 2.38 bits per heavy atom. The number of carbonyl (C=O) groups excluding carboxylic acids is 3. The maximum Gasteiger partial charge on any atom is 0.381 e. The van der Waals surface area contributed by atoms with Crippen LogP contribution in [0.5, 0.6) is 0 Å². The topological polar surface area (TPSA) is 91.3 Å². The quantitative estimate of drug-likeness (QED) is 0.395. The molecule has 0 bridgehead atoms. The molecule has 8 nitrogen and oxygen atoms in total. The highest BCUT2D eigenvalue weighted by atomic mass is 16.6. The number of carbonyl (C=O) groups is 3. The Bertz CT molecular complexity index is 1010. The summed E-state index contributed by atoms with van der Waals surface area (Å²) in [5.74, 6) is -2.21. The molecule has 0 amide bonds. The molecule has 1 aromatic carbocycles. The molecule has 2 aliphatic heterocycles. The van der Waals surface area contributed by atoms with Crippen LogP contribution >= 0.6 is 0 Å². The van der Waals surface area contributed by atoms with Crippen LogP contribution in [0.25, 0.3) is 0 Å². The maximum atomic E-state index is 13.3. The number of ketones is 1. The number of methoxy groups -OCH3 is 1. The lowest BCUT2D eigenvalue weighted by Gasteiger charge is -2.38. The van der Waals surface area contributed by atoms with E-state index in [1.807, 2.05) is 47.6 Å². The van der Waals surface area contributed by atoms with E-state index in [2.05, 4.69) is 9.73 Å². The summed E-state index contributed by atoms with van der Waals surface area (Å²) in [4.78, 5) is 42.4. The van der Waals surface area contributed by atoms with Crippen LogP contribution in [0.3, 0.4) is 0 Å². The van der Waals surface area contributed by atoms with E-state index in [-0.39, 0.29) is 22.9 Å². The largest absolute Gasteiger partial charge is 0.463 e. The lowest BCUT2D eigenvalue weighted by molar-refractivity contribution is -0.162. The fraction of sp³-hybridized carbons (Fsp3) is 0.500. The molecule has 32 heavy (non-hydrogen) atoms. The average Bonchev–Trinajstić information content (AvgIpc) is 2.91. The second kappa shape index (κ2) is 8.26. The van der Waals surface area contributed by atoms with Crippen LogP contribution in [-0.2, 0) is 35.0 Å². The summed E-state index contributed by atoms with van der Waals surface area (Å²) in [6.45, 7) is 11.4. The Morgan fingerprint density at radius 2 is 1.78 bits per heavy atom. The van der Waals surface area contributed by atoms with E-state index in [1.54, 1.807) is 18.3 Å². The summed E-state index contributed by atoms with van der Waals surface area (Å²) in [6.07, 6.45) is 3.59. The molecule has 0 radical (unpaired) electrons. The Balaban J connectivity index is 2.18. The highest BCUT2D eigenvalue weighted by Crippen LogP contribution is 2.45. The maximum absolute atomic E-state index is 13.3. The molecule has 1 aromatic rings. The molecule has 1 unspecified atom stereocenters. The van der Waals surface area contributed by atoms with Crippen molar-refractivity contribution >= 4 is 29.1 Å². The van der Waals surface area contributed by atoms with Crippen molar-refractivity contribution in [3.63, 3.8) is 0 Å². The monoisotopic (exact) mass is 443 g/mol. The standard InChI is InChI=1S/C24H31N2O6/c1-23(2,3)31-14-26-12-11-25-18(20(27)22(29)30-7)16-10-8-9-15(19(16)26)13-17(26)21(28)32-24(4,5)6/h8-12,17H,13-14H2,1-7H3/q+1/t17?,26-/m0/s1. The van der Waals surface area contributed by atoms with Gasteiger partial charge in [0.05, 0.1) is 24.5 Å². The molecular weight excluding hydrogens is 412 g/mol. The normalized spacial score (nSPS) is 22.0. The second-order valence-electron chi connectivity index (χ2n) is 9.98. The molecule has 0 saturated heterocycles. The first-order valence-corrected chi connectivity index (χ1v) is 10.5. The van der Waals surface area contributed by atoms with Crippen LogP contribution in [0.2, 0.25) is 0 Å². The van der Waals surface area contributed by atoms with Gasteiger partial charge in [0.25, 0.3) is 5.78 Å². The summed E-state index contributed by atoms with van der Waals surface area (Å²) in [7, 11) is 1.15. The Morgan fingerprint density at radius 1 is 1.09 bits per heavy atom. The van der Waals surface area contributed by atoms with E-state index < -0.39 is 29.0 Å². The van der Waals surface area contributed by atoms with Crippen LogP contribution in [0, 0.1) is 0 Å². The number of rotatable bonds is 5. The molecule has 0 fully saturated rings. The Hall–Kier alpha value is -2.84. The highest BCUT2D eigenvalue weighted by Gasteiger charge is 2.54. The van der Waals surface area contributed by atoms with E-state index in [1.165, 1.54) is 6.20 Å². The van der Waals surface area contributed by atoms with Gasteiger partial charge in [-0.3, -0.25) is 4.79 Å². The molecule has 0 N–H and O–H groups in total. The number of quaternary nitrogens is 1. The smallest absolute Gasteiger partial charge is 0.381 e. The Kier molecular flexibility index (Phi) is 6.14. The number of benzene rings is 1. The van der Waals surface area contributed by atoms with Crippen molar-refractivity contribution in [2.75, 3.05) is 13.8 Å². The number of hydrogen-bond donors (Lipinski definition) is 0. The first-order chi connectivity index (χ1) is 14.8. The van der Waals surface area contributed by atoms with Crippen molar-refractivity contribution < 1.29 is 28.6 Å². The zero-order valence-corrected chi connectivity index (χ0v) is 19.7. The van der Waals surface area contributed by atoms with Crippen molar-refractivity contribution in [2.45, 2.75) is 65.2 Å². The summed E-state index contributed by atoms with van der Waals surface area (Å²) in [6, 6.07) is 4.79. The number of aliphatic imine (C=N–C) groups is 1. The third-order valence-corrected chi connectivity index (χ3v) is 5.27. The van der Waals surface area contributed by atoms with Gasteiger partial charge in [0.1, 0.15) is 17.5 Å². The molecule has 0 saturated carbocycles. The van der Waals surface area contributed by atoms with Crippen molar-refractivity contribution in [1.82, 2.24) is 4.48 Å². The van der Waals surface area contributed by atoms with Crippen molar-refractivity contribution in [1.29, 1.82) is 0 Å². The summed E-state index contributed by atoms with van der Waals surface area (Å²) in [5, 5.41) is 0. The van der Waals surface area contributed by atoms with Gasteiger partial charge in [-0.1, -0.05) is 12.1 Å². The average molecular weight is 444 g/mol. The minimum absolute atomic E-state index is 0.0147. The first kappa shape index (κ1) is 23.8. The van der Waals surface area contributed by atoms with Crippen LogP contribution in [0.4, 0.5) is 5.69 Å². The number of hydrogen-bond acceptors (Lipinski definition) is 7. The molecule has 8 heteroatoms. The molecular formula is C24H31N2O6+. The predicted octanol–water partition coefficient (Wildman–Crippen LogP) is 3.05. The highest BCUT2D eigenvalue weighted by molar-refractivity contribution is 6.67. The van der Waals surface area contributed by atoms with Gasteiger partial charge in [-0.25, -0.2) is 19.1 Å². The SMILES string of the molecule is COC(=O)C(=O)C1=NC=C[N@@+]2(COC(C)(C)C)c3c(cccc31)CC2C(=O)OC(C)(C)C. The minimum Gasteiger partial charge on any atom is -0.463 e. The number of esters is 2. The van der Waals surface area contributed by atoms with Gasteiger partial charge >= 0.3 is 11.9 Å². The van der Waals surface area contributed by atoms with E-state index in [9.17, 15) is 14.4 Å². The van der Waals surface area contributed by atoms with E-state index in [0.717, 1.165) is 12.7 Å². The summed E-state index contributed by atoms with van der Waals surface area (Å²) >= 11 is 0. The minimum atomic E-state index is -0.998. The molecule has 172 valence electrons. The van der Waals surface area contributed by atoms with Crippen LogP contribution in [0.1, 0.15) is 52.7 Å². The van der Waals surface area contributed by atoms with Gasteiger partial charge in [-0.15, -0.1) is 0 Å². The lowest BCUT2D eigenvalue weighted by atomic mass is 10.00. The molecule has 0 spiro atoms. The van der Waals surface area contributed by atoms with Gasteiger partial charge in [0.2, 0.25) is 6.04 Å². The second-order valence-corrected chi connectivity index (χ2v) is 9.98. The van der Waals surface area contributed by atoms with Gasteiger partial charge < -0.3 is 14.2 Å². The zero-order chi connectivity index (χ0) is 23.9. The number of ether oxygens (including phenoxy) is 3. The molecule has 0 aromatic heterocycles. The molecule has 0 aliphatic carbocycles. The Labute approximate surface area is 188 Å². The van der Waals surface area contributed by atoms with Crippen molar-refractivity contribution in [3.05, 3.63) is 41.7 Å². The van der Waals surface area contributed by atoms with Gasteiger partial charge in [-0.05, 0) is 47.6 Å². The van der Waals surface area contributed by atoms with Gasteiger partial charge in [0, 0.05) is 12.0 Å². The van der Waals surface area contributed by atoms with Crippen LogP contribution in [-0.4, -0.2) is 54.5 Å². The predicted molar refractivity (Wildman–Crippen MR) is 120 cm³/mol. The first-order valence-electron chi connectivity index (χ1n) is 10.5. The lowest BCUT2D eigenvalue weighted by Crippen LogP contribution is -2.57. The van der Waals surface area contributed by atoms with Crippen LogP contribution < -0.4 is 4.48 Å². The summed E-state index contributed by atoms with van der Waals surface area (Å²) in [5.41, 5.74) is 0.887. The van der Waals surface area contributed by atoms with E-state index in [0.29, 0.717) is 17.7 Å². The van der Waals surface area contributed by atoms with Crippen LogP contribution in [0.15, 0.2) is 35.6 Å². The van der Waals surface area contributed by atoms with E-state index >= 15 is 0 Å². The molecule has 2 heterocycles. The third kappa shape index (κ3) is 4.52. The number of para-hydroxylation sites is 1. The van der Waals surface area contributed by atoms with Gasteiger partial charge in [0.15, 0.2) is 12.4 Å².